The fourth-order valence-corrected chi connectivity index (χ4v) is 5.53. The molecule has 7 nitrogen and oxygen atoms in total. The molecule has 36 heavy (non-hydrogen) atoms. The molecule has 2 aromatic rings. The van der Waals surface area contributed by atoms with E-state index in [1.165, 1.54) is 17.7 Å². The van der Waals surface area contributed by atoms with Gasteiger partial charge in [-0.3, -0.25) is 4.90 Å². The smallest absolute Gasteiger partial charge is 0.362 e. The van der Waals surface area contributed by atoms with Crippen molar-refractivity contribution in [1.29, 1.82) is 0 Å². The van der Waals surface area contributed by atoms with Gasteiger partial charge < -0.3 is 16.0 Å². The number of carbonyl (C=O) groups excluding carboxylic acids is 1. The lowest BCUT2D eigenvalue weighted by Gasteiger charge is -2.34. The summed E-state index contributed by atoms with van der Waals surface area (Å²) >= 11 is 6.11. The number of aryl methyl sites for hydroxylation is 1. The van der Waals surface area contributed by atoms with E-state index in [4.69, 9.17) is 27.3 Å². The van der Waals surface area contributed by atoms with Crippen LogP contribution in [0.5, 0.6) is 0 Å². The summed E-state index contributed by atoms with van der Waals surface area (Å²) in [5, 5.41) is 3.32. The van der Waals surface area contributed by atoms with Crippen LogP contribution in [-0.2, 0) is 19.0 Å². The molecule has 2 aliphatic rings. The Kier molecular flexibility index (Phi) is 7.82. The first-order valence-electron chi connectivity index (χ1n) is 12.3. The van der Waals surface area contributed by atoms with Gasteiger partial charge in [0.2, 0.25) is 5.95 Å². The van der Waals surface area contributed by atoms with Crippen molar-refractivity contribution < 1.29 is 18.0 Å². The van der Waals surface area contributed by atoms with Crippen LogP contribution in [0.1, 0.15) is 55.3 Å². The number of amides is 2. The molecule has 1 saturated carbocycles. The highest BCUT2D eigenvalue weighted by Gasteiger charge is 2.38. The van der Waals surface area contributed by atoms with E-state index in [9.17, 15) is 18.0 Å². The molecular formula is C25H32ClF3N6O. The second-order valence-electron chi connectivity index (χ2n) is 9.84. The molecule has 0 radical (unpaired) electrons. The first kappa shape index (κ1) is 26.3. The Bertz CT molecular complexity index is 1100. The van der Waals surface area contributed by atoms with Crippen LogP contribution in [0.2, 0.25) is 5.02 Å². The SMILES string of the molecule is CN(C)c1nc(N[C@H]2CC[C@@H](CN(C(N)=O)c3c(Cl)cccc3C(F)(F)F)CC2)nc2c1CCCC2. The third kappa shape index (κ3) is 5.79. The highest BCUT2D eigenvalue weighted by Crippen LogP contribution is 2.41. The minimum absolute atomic E-state index is 0.00491. The number of hydrogen-bond donors (Lipinski definition) is 2. The van der Waals surface area contributed by atoms with Gasteiger partial charge in [-0.2, -0.15) is 18.2 Å². The molecule has 0 atom stereocenters. The maximum Gasteiger partial charge on any atom is 0.418 e. The summed E-state index contributed by atoms with van der Waals surface area (Å²) in [6, 6.07) is 2.66. The molecule has 0 saturated heterocycles. The number of nitrogens with two attached hydrogens (primary N) is 1. The zero-order valence-electron chi connectivity index (χ0n) is 20.5. The van der Waals surface area contributed by atoms with Crippen LogP contribution in [-0.4, -0.2) is 42.7 Å². The van der Waals surface area contributed by atoms with Gasteiger partial charge >= 0.3 is 12.2 Å². The third-order valence-electron chi connectivity index (χ3n) is 7.03. The number of rotatable bonds is 6. The number of alkyl halides is 3. The van der Waals surface area contributed by atoms with Gasteiger partial charge in [-0.1, -0.05) is 17.7 Å². The molecule has 2 aliphatic carbocycles. The van der Waals surface area contributed by atoms with E-state index in [-0.39, 0.29) is 29.2 Å². The van der Waals surface area contributed by atoms with Crippen molar-refractivity contribution >= 4 is 35.1 Å². The summed E-state index contributed by atoms with van der Waals surface area (Å²) in [6.45, 7) is 0.0784. The van der Waals surface area contributed by atoms with Crippen molar-refractivity contribution in [2.45, 2.75) is 63.6 Å². The number of anilines is 3. The second kappa shape index (κ2) is 10.7. The van der Waals surface area contributed by atoms with Gasteiger partial charge in [0.25, 0.3) is 0 Å². The molecule has 1 fully saturated rings. The van der Waals surface area contributed by atoms with E-state index < -0.39 is 17.8 Å². The predicted octanol–water partition coefficient (Wildman–Crippen LogP) is 5.65. The third-order valence-corrected chi connectivity index (χ3v) is 7.34. The fourth-order valence-electron chi connectivity index (χ4n) is 5.25. The summed E-state index contributed by atoms with van der Waals surface area (Å²) < 4.78 is 40.8. The lowest BCUT2D eigenvalue weighted by Crippen LogP contribution is -2.42. The molecule has 2 amide bonds. The zero-order valence-corrected chi connectivity index (χ0v) is 21.3. The van der Waals surface area contributed by atoms with Crippen LogP contribution in [0.15, 0.2) is 18.2 Å². The molecule has 196 valence electrons. The van der Waals surface area contributed by atoms with Crippen molar-refractivity contribution in [2.24, 2.45) is 11.7 Å². The van der Waals surface area contributed by atoms with Crippen LogP contribution in [0.4, 0.5) is 35.4 Å². The number of halogens is 4. The van der Waals surface area contributed by atoms with Gasteiger partial charge in [0, 0.05) is 32.2 Å². The van der Waals surface area contributed by atoms with Gasteiger partial charge in [-0.25, -0.2) is 9.78 Å². The molecule has 0 bridgehead atoms. The number of nitrogens with zero attached hydrogens (tertiary/aromatic N) is 4. The Morgan fingerprint density at radius 3 is 2.47 bits per heavy atom. The van der Waals surface area contributed by atoms with Crippen LogP contribution < -0.4 is 20.9 Å². The number of primary amides is 1. The van der Waals surface area contributed by atoms with Gasteiger partial charge in [0.15, 0.2) is 0 Å². The normalized spacial score (nSPS) is 19.9. The van der Waals surface area contributed by atoms with E-state index in [0.717, 1.165) is 73.8 Å². The molecule has 3 N–H and O–H groups in total. The number of fused-ring (bicyclic) bond motifs is 1. The predicted molar refractivity (Wildman–Crippen MR) is 136 cm³/mol. The van der Waals surface area contributed by atoms with Gasteiger partial charge in [0.1, 0.15) is 5.82 Å². The Labute approximate surface area is 214 Å². The Hall–Kier alpha value is -2.75. The summed E-state index contributed by atoms with van der Waals surface area (Å²) in [6.07, 6.45) is 2.56. The van der Waals surface area contributed by atoms with Crippen molar-refractivity contribution in [3.05, 3.63) is 40.0 Å². The number of aromatic nitrogens is 2. The summed E-state index contributed by atoms with van der Waals surface area (Å²) in [7, 11) is 3.97. The first-order chi connectivity index (χ1) is 17.0. The van der Waals surface area contributed by atoms with Crippen molar-refractivity contribution in [3.8, 4) is 0 Å². The Morgan fingerprint density at radius 2 is 1.83 bits per heavy atom. The fraction of sp³-hybridized carbons (Fsp3) is 0.560. The zero-order chi connectivity index (χ0) is 26.0. The standard InChI is InChI=1S/C25H32ClF3N6O/c1-34(2)22-17-6-3-4-9-20(17)32-24(33-22)31-16-12-10-15(11-13-16)14-35(23(30)36)21-18(25(27,28)29)7-5-8-19(21)26/h5,7-8,15-16H,3-4,6,9-14H2,1-2H3,(H2,30,36)(H,31,32,33)/t15-,16+. The maximum atomic E-state index is 13.6. The minimum Gasteiger partial charge on any atom is -0.362 e. The van der Waals surface area contributed by atoms with Crippen LogP contribution >= 0.6 is 11.6 Å². The summed E-state index contributed by atoms with van der Waals surface area (Å²) in [5.74, 6) is 1.57. The van der Waals surface area contributed by atoms with E-state index in [2.05, 4.69) is 5.32 Å². The van der Waals surface area contributed by atoms with E-state index in [0.29, 0.717) is 5.95 Å². The quantitative estimate of drug-likeness (QED) is 0.510. The summed E-state index contributed by atoms with van der Waals surface area (Å²) in [5.41, 5.74) is 6.51. The lowest BCUT2D eigenvalue weighted by molar-refractivity contribution is -0.137. The monoisotopic (exact) mass is 524 g/mol. The minimum atomic E-state index is -4.66. The molecule has 11 heteroatoms. The molecular weight excluding hydrogens is 493 g/mol. The van der Waals surface area contributed by atoms with Crippen LogP contribution in [0, 0.1) is 5.92 Å². The number of benzene rings is 1. The van der Waals surface area contributed by atoms with E-state index in [1.807, 2.05) is 19.0 Å². The number of para-hydroxylation sites is 1. The molecule has 1 heterocycles. The molecule has 0 spiro atoms. The number of carbonyl (C=O) groups is 1. The summed E-state index contributed by atoms with van der Waals surface area (Å²) in [4.78, 5) is 24.7. The number of urea groups is 1. The van der Waals surface area contributed by atoms with E-state index >= 15 is 0 Å². The largest absolute Gasteiger partial charge is 0.418 e. The second-order valence-corrected chi connectivity index (χ2v) is 10.2. The van der Waals surface area contributed by atoms with Gasteiger partial charge in [-0.15, -0.1) is 0 Å². The van der Waals surface area contributed by atoms with Crippen LogP contribution in [0.3, 0.4) is 0 Å². The van der Waals surface area contributed by atoms with Crippen molar-refractivity contribution in [1.82, 2.24) is 9.97 Å². The lowest BCUT2D eigenvalue weighted by atomic mass is 9.85. The molecule has 0 aliphatic heterocycles. The average molecular weight is 525 g/mol. The highest BCUT2D eigenvalue weighted by molar-refractivity contribution is 6.34. The first-order valence-corrected chi connectivity index (χ1v) is 12.7. The van der Waals surface area contributed by atoms with Crippen molar-refractivity contribution in [3.63, 3.8) is 0 Å². The number of hydrogen-bond acceptors (Lipinski definition) is 5. The molecule has 0 unspecified atom stereocenters. The van der Waals surface area contributed by atoms with Crippen LogP contribution in [0.25, 0.3) is 0 Å². The Balaban J connectivity index is 1.44. The van der Waals surface area contributed by atoms with Gasteiger partial charge in [0.05, 0.1) is 22.0 Å². The molecule has 1 aromatic carbocycles. The van der Waals surface area contributed by atoms with E-state index in [1.54, 1.807) is 0 Å². The average Bonchev–Trinajstić information content (AvgIpc) is 2.82. The van der Waals surface area contributed by atoms with Gasteiger partial charge in [-0.05, 0) is 69.4 Å². The highest BCUT2D eigenvalue weighted by atomic mass is 35.5. The maximum absolute atomic E-state index is 13.6. The number of nitrogens with one attached hydrogen (secondary N) is 1. The topological polar surface area (TPSA) is 87.4 Å². The Morgan fingerprint density at radius 1 is 1.14 bits per heavy atom. The molecule has 1 aromatic heterocycles. The molecule has 4 rings (SSSR count). The van der Waals surface area contributed by atoms with Crippen molar-refractivity contribution in [2.75, 3.05) is 35.8 Å².